The van der Waals surface area contributed by atoms with E-state index in [0.29, 0.717) is 34.1 Å². The van der Waals surface area contributed by atoms with Crippen LogP contribution in [-0.2, 0) is 6.54 Å². The molecule has 41 heavy (non-hydrogen) atoms. The Morgan fingerprint density at radius 3 is 2.41 bits per heavy atom. The Bertz CT molecular complexity index is 1310. The highest BCUT2D eigenvalue weighted by atomic mass is 35.5. The van der Waals surface area contributed by atoms with Crippen LogP contribution in [0.5, 0.6) is 11.6 Å². The van der Waals surface area contributed by atoms with Crippen LogP contribution in [0.1, 0.15) is 24.8 Å². The van der Waals surface area contributed by atoms with Gasteiger partial charge in [0.25, 0.3) is 0 Å². The number of benzene rings is 1. The first-order valence-electron chi connectivity index (χ1n) is 14.0. The number of rotatable bonds is 9. The molecule has 3 aromatic rings. The molecule has 9 nitrogen and oxygen atoms in total. The second kappa shape index (κ2) is 13.7. The quantitative estimate of drug-likeness (QED) is 0.316. The predicted molar refractivity (Wildman–Crippen MR) is 162 cm³/mol. The van der Waals surface area contributed by atoms with Crippen molar-refractivity contribution in [2.45, 2.75) is 25.8 Å². The number of carbonyl (C=O) groups is 1. The molecule has 2 aromatic heterocycles. The van der Waals surface area contributed by atoms with E-state index in [1.165, 1.54) is 0 Å². The molecule has 11 heteroatoms. The predicted octanol–water partition coefficient (Wildman–Crippen LogP) is 5.86. The van der Waals surface area contributed by atoms with Gasteiger partial charge in [-0.05, 0) is 87.3 Å². The van der Waals surface area contributed by atoms with Crippen molar-refractivity contribution in [3.63, 3.8) is 0 Å². The van der Waals surface area contributed by atoms with Crippen molar-refractivity contribution in [1.82, 2.24) is 25.1 Å². The number of hydrogen-bond donors (Lipinski definition) is 2. The second-order valence-electron chi connectivity index (χ2n) is 10.8. The molecule has 2 aliphatic rings. The van der Waals surface area contributed by atoms with Gasteiger partial charge in [0.05, 0.1) is 11.9 Å². The van der Waals surface area contributed by atoms with Gasteiger partial charge in [-0.1, -0.05) is 23.2 Å². The Morgan fingerprint density at radius 2 is 1.76 bits per heavy atom. The smallest absolute Gasteiger partial charge is 0.404 e. The molecule has 2 saturated heterocycles. The number of aromatic nitrogens is 2. The summed E-state index contributed by atoms with van der Waals surface area (Å²) in [5.41, 5.74) is 2.63. The summed E-state index contributed by atoms with van der Waals surface area (Å²) in [6.45, 7) is 7.10. The average Bonchev–Trinajstić information content (AvgIpc) is 2.94. The van der Waals surface area contributed by atoms with Gasteiger partial charge >= 0.3 is 6.09 Å². The Hall–Kier alpha value is -3.11. The van der Waals surface area contributed by atoms with Gasteiger partial charge in [-0.15, -0.1) is 0 Å². The topological polar surface area (TPSA) is 94.1 Å². The van der Waals surface area contributed by atoms with Crippen LogP contribution in [0.4, 0.5) is 10.6 Å². The lowest BCUT2D eigenvalue weighted by Crippen LogP contribution is -2.44. The lowest BCUT2D eigenvalue weighted by atomic mass is 9.93. The van der Waals surface area contributed by atoms with Crippen molar-refractivity contribution in [2.24, 2.45) is 5.92 Å². The summed E-state index contributed by atoms with van der Waals surface area (Å²) in [6.07, 6.45) is 3.74. The molecule has 0 unspecified atom stereocenters. The van der Waals surface area contributed by atoms with Gasteiger partial charge in [0, 0.05) is 60.9 Å². The summed E-state index contributed by atoms with van der Waals surface area (Å²) in [5, 5.41) is 12.4. The number of ether oxygens (including phenoxy) is 1. The molecular weight excluding hydrogens is 563 g/mol. The summed E-state index contributed by atoms with van der Waals surface area (Å²) in [5.74, 6) is 2.58. The van der Waals surface area contributed by atoms with Crippen molar-refractivity contribution in [3.8, 4) is 22.9 Å². The zero-order valence-electron chi connectivity index (χ0n) is 23.2. The summed E-state index contributed by atoms with van der Waals surface area (Å²) >= 11 is 12.6. The lowest BCUT2D eigenvalue weighted by molar-refractivity contribution is 0.168. The summed E-state index contributed by atoms with van der Waals surface area (Å²) < 4.78 is 6.23. The van der Waals surface area contributed by atoms with E-state index in [0.717, 1.165) is 87.7 Å². The Balaban J connectivity index is 1.30. The minimum Gasteiger partial charge on any atom is -0.465 e. The summed E-state index contributed by atoms with van der Waals surface area (Å²) in [7, 11) is 2.14. The third kappa shape index (κ3) is 8.45. The normalized spacial score (nSPS) is 17.0. The van der Waals surface area contributed by atoms with E-state index in [1.54, 1.807) is 12.3 Å². The van der Waals surface area contributed by atoms with Crippen LogP contribution in [0.2, 0.25) is 10.0 Å². The Labute approximate surface area is 251 Å². The minimum atomic E-state index is -0.961. The fraction of sp³-hybridized carbons (Fsp3) is 0.433. The molecule has 2 N–H and O–H groups in total. The molecule has 2 aliphatic heterocycles. The number of anilines is 1. The molecule has 0 aliphatic carbocycles. The van der Waals surface area contributed by atoms with Crippen LogP contribution < -0.4 is 15.0 Å². The molecule has 5 rings (SSSR count). The SMILES string of the molecule is CN1CCN(c2ccc(Oc3cc(CN4CCC(CCNC(=O)O)CC4)cc(-c4cc(Cl)cc(Cl)c4)n3)cn2)CC1. The maximum absolute atomic E-state index is 10.7. The highest BCUT2D eigenvalue weighted by Gasteiger charge is 2.20. The van der Waals surface area contributed by atoms with E-state index < -0.39 is 6.09 Å². The number of likely N-dealkylation sites (tertiary alicyclic amines) is 1. The molecule has 2 fully saturated rings. The molecule has 218 valence electrons. The first-order valence-corrected chi connectivity index (χ1v) is 14.8. The van der Waals surface area contributed by atoms with E-state index in [9.17, 15) is 4.79 Å². The van der Waals surface area contributed by atoms with Crippen LogP contribution in [0.25, 0.3) is 11.3 Å². The van der Waals surface area contributed by atoms with Crippen molar-refractivity contribution in [2.75, 3.05) is 57.8 Å². The Morgan fingerprint density at radius 1 is 1.02 bits per heavy atom. The molecule has 0 bridgehead atoms. The standard InChI is InChI=1S/C30H36Cl2N6O3/c1-36-10-12-38(13-11-36)28-3-2-26(19-34-28)41-29-15-22(14-27(35-29)23-16-24(31)18-25(32)17-23)20-37-8-5-21(6-9-37)4-7-33-30(39)40/h2-3,14-19,21,33H,4-13,20H2,1H3,(H,39,40). The number of piperidine rings is 1. The summed E-state index contributed by atoms with van der Waals surface area (Å²) in [4.78, 5) is 27.2. The number of pyridine rings is 2. The maximum Gasteiger partial charge on any atom is 0.404 e. The molecule has 1 aromatic carbocycles. The molecule has 0 atom stereocenters. The van der Waals surface area contributed by atoms with Crippen LogP contribution >= 0.6 is 23.2 Å². The van der Waals surface area contributed by atoms with Gasteiger partial charge in [-0.25, -0.2) is 14.8 Å². The van der Waals surface area contributed by atoms with Crippen LogP contribution in [-0.4, -0.2) is 83.8 Å². The van der Waals surface area contributed by atoms with Gasteiger partial charge in [-0.2, -0.15) is 0 Å². The van der Waals surface area contributed by atoms with Crippen molar-refractivity contribution in [3.05, 3.63) is 64.3 Å². The number of nitrogens with one attached hydrogen (secondary N) is 1. The molecule has 0 saturated carbocycles. The number of likely N-dealkylation sites (N-methyl/N-ethyl adjacent to an activating group) is 1. The summed E-state index contributed by atoms with van der Waals surface area (Å²) in [6, 6.07) is 13.4. The largest absolute Gasteiger partial charge is 0.465 e. The van der Waals surface area contributed by atoms with E-state index in [-0.39, 0.29) is 0 Å². The van der Waals surface area contributed by atoms with Crippen molar-refractivity contribution < 1.29 is 14.6 Å². The zero-order chi connectivity index (χ0) is 28.8. The number of nitrogens with zero attached hydrogens (tertiary/aromatic N) is 5. The van der Waals surface area contributed by atoms with E-state index in [1.807, 2.05) is 30.3 Å². The van der Waals surface area contributed by atoms with Crippen LogP contribution in [0.3, 0.4) is 0 Å². The van der Waals surface area contributed by atoms with E-state index >= 15 is 0 Å². The molecule has 0 radical (unpaired) electrons. The fourth-order valence-corrected chi connectivity index (χ4v) is 5.93. The second-order valence-corrected chi connectivity index (χ2v) is 11.7. The lowest BCUT2D eigenvalue weighted by Gasteiger charge is -2.33. The van der Waals surface area contributed by atoms with Gasteiger partial charge in [0.1, 0.15) is 11.6 Å². The average molecular weight is 600 g/mol. The zero-order valence-corrected chi connectivity index (χ0v) is 24.7. The molecule has 1 amide bonds. The fourth-order valence-electron chi connectivity index (χ4n) is 5.40. The van der Waals surface area contributed by atoms with Crippen LogP contribution in [0, 0.1) is 5.92 Å². The monoisotopic (exact) mass is 598 g/mol. The van der Waals surface area contributed by atoms with Gasteiger partial charge in [-0.3, -0.25) is 4.90 Å². The number of amides is 1. The van der Waals surface area contributed by atoms with Gasteiger partial charge < -0.3 is 25.0 Å². The number of hydrogen-bond acceptors (Lipinski definition) is 7. The van der Waals surface area contributed by atoms with Gasteiger partial charge in [0.2, 0.25) is 5.88 Å². The van der Waals surface area contributed by atoms with Crippen molar-refractivity contribution in [1.29, 1.82) is 0 Å². The van der Waals surface area contributed by atoms with E-state index in [4.69, 9.17) is 38.0 Å². The first kappa shape index (κ1) is 29.4. The number of piperazine rings is 1. The molecule has 4 heterocycles. The number of carboxylic acid groups (broad SMARTS) is 1. The highest BCUT2D eigenvalue weighted by Crippen LogP contribution is 2.31. The Kier molecular flexibility index (Phi) is 9.82. The highest BCUT2D eigenvalue weighted by molar-refractivity contribution is 6.35. The number of halogens is 2. The molecular formula is C30H36Cl2N6O3. The van der Waals surface area contributed by atoms with Gasteiger partial charge in [0.15, 0.2) is 0 Å². The minimum absolute atomic E-state index is 0.484. The third-order valence-electron chi connectivity index (χ3n) is 7.73. The molecule has 0 spiro atoms. The maximum atomic E-state index is 10.7. The van der Waals surface area contributed by atoms with Crippen molar-refractivity contribution >= 4 is 35.1 Å². The van der Waals surface area contributed by atoms with Crippen LogP contribution in [0.15, 0.2) is 48.7 Å². The van der Waals surface area contributed by atoms with E-state index in [2.05, 4.69) is 38.1 Å². The third-order valence-corrected chi connectivity index (χ3v) is 8.17. The first-order chi connectivity index (χ1) is 19.8.